The molecule has 0 spiro atoms. The number of hydrogen-bond acceptors (Lipinski definition) is 4. The Hall–Kier alpha value is -0.910. The van der Waals surface area contributed by atoms with E-state index in [9.17, 15) is 4.79 Å². The van der Waals surface area contributed by atoms with Gasteiger partial charge in [-0.2, -0.15) is 0 Å². The highest BCUT2D eigenvalue weighted by molar-refractivity contribution is 7.10. The number of likely N-dealkylation sites (N-methyl/N-ethyl adjacent to an activating group) is 1. The second-order valence-corrected chi connectivity index (χ2v) is 5.26. The molecule has 0 aliphatic carbocycles. The zero-order valence-corrected chi connectivity index (χ0v) is 10.9. The molecular formula is C12H18N2O2S. The van der Waals surface area contributed by atoms with Crippen LogP contribution in [-0.2, 0) is 9.53 Å². The molecular weight excluding hydrogens is 236 g/mol. The van der Waals surface area contributed by atoms with Crippen LogP contribution < -0.4 is 10.6 Å². The van der Waals surface area contributed by atoms with E-state index in [1.165, 1.54) is 4.88 Å². The van der Waals surface area contributed by atoms with Crippen molar-refractivity contribution in [1.29, 1.82) is 0 Å². The van der Waals surface area contributed by atoms with Gasteiger partial charge < -0.3 is 15.4 Å². The van der Waals surface area contributed by atoms with Crippen molar-refractivity contribution in [3.05, 3.63) is 22.4 Å². The van der Waals surface area contributed by atoms with E-state index in [2.05, 4.69) is 10.6 Å². The van der Waals surface area contributed by atoms with Gasteiger partial charge in [0.1, 0.15) is 0 Å². The van der Waals surface area contributed by atoms with Gasteiger partial charge in [0, 0.05) is 10.9 Å². The van der Waals surface area contributed by atoms with Gasteiger partial charge in [-0.1, -0.05) is 6.07 Å². The monoisotopic (exact) mass is 254 g/mol. The molecule has 2 heterocycles. The molecule has 0 aromatic carbocycles. The zero-order chi connectivity index (χ0) is 12.3. The van der Waals surface area contributed by atoms with E-state index in [0.717, 1.165) is 0 Å². The fourth-order valence-corrected chi connectivity index (χ4v) is 2.76. The number of ether oxygens (including phenoxy) is 1. The van der Waals surface area contributed by atoms with Crippen molar-refractivity contribution in [2.24, 2.45) is 5.92 Å². The Morgan fingerprint density at radius 1 is 1.59 bits per heavy atom. The van der Waals surface area contributed by atoms with E-state index < -0.39 is 0 Å². The molecule has 3 atom stereocenters. The SMILES string of the molecule is CNC1COCC1C(=O)N[C@@H](C)c1cccs1. The largest absolute Gasteiger partial charge is 0.379 e. The van der Waals surface area contributed by atoms with Crippen LogP contribution in [0.25, 0.3) is 0 Å². The standard InChI is InChI=1S/C12H18N2O2S/c1-8(11-4-3-5-17-11)14-12(15)9-6-16-7-10(9)13-2/h3-5,8-10,13H,6-7H2,1-2H3,(H,14,15)/t8-,9?,10?/m0/s1. The van der Waals surface area contributed by atoms with E-state index in [0.29, 0.717) is 13.2 Å². The van der Waals surface area contributed by atoms with Gasteiger partial charge in [0.15, 0.2) is 0 Å². The first kappa shape index (κ1) is 12.5. The Morgan fingerprint density at radius 3 is 3.06 bits per heavy atom. The minimum atomic E-state index is -0.0811. The van der Waals surface area contributed by atoms with Gasteiger partial charge >= 0.3 is 0 Å². The fourth-order valence-electron chi connectivity index (χ4n) is 2.03. The molecule has 4 nitrogen and oxygen atoms in total. The third kappa shape index (κ3) is 2.86. The van der Waals surface area contributed by atoms with Gasteiger partial charge in [0.25, 0.3) is 0 Å². The number of thiophene rings is 1. The molecule has 1 aromatic rings. The predicted molar refractivity (Wildman–Crippen MR) is 68.0 cm³/mol. The van der Waals surface area contributed by atoms with Crippen molar-refractivity contribution in [3.63, 3.8) is 0 Å². The van der Waals surface area contributed by atoms with Crippen molar-refractivity contribution in [1.82, 2.24) is 10.6 Å². The normalized spacial score (nSPS) is 25.8. The first-order chi connectivity index (χ1) is 8.22. The van der Waals surface area contributed by atoms with Crippen molar-refractivity contribution in [3.8, 4) is 0 Å². The lowest BCUT2D eigenvalue weighted by Crippen LogP contribution is -2.43. The molecule has 5 heteroatoms. The molecule has 0 bridgehead atoms. The van der Waals surface area contributed by atoms with Gasteiger partial charge in [-0.15, -0.1) is 11.3 Å². The average molecular weight is 254 g/mol. The molecule has 2 unspecified atom stereocenters. The molecule has 1 aromatic heterocycles. The molecule has 2 rings (SSSR count). The number of carbonyl (C=O) groups excluding carboxylic acids is 1. The van der Waals surface area contributed by atoms with Crippen molar-refractivity contribution < 1.29 is 9.53 Å². The number of carbonyl (C=O) groups is 1. The summed E-state index contributed by atoms with van der Waals surface area (Å²) >= 11 is 1.66. The van der Waals surface area contributed by atoms with Crippen LogP contribution in [0, 0.1) is 5.92 Å². The third-order valence-electron chi connectivity index (χ3n) is 3.12. The molecule has 1 aliphatic rings. The average Bonchev–Trinajstić information content (AvgIpc) is 2.99. The number of rotatable bonds is 4. The molecule has 2 N–H and O–H groups in total. The Bertz CT molecular complexity index is 367. The van der Waals surface area contributed by atoms with Crippen LogP contribution in [0.15, 0.2) is 17.5 Å². The molecule has 0 saturated carbocycles. The summed E-state index contributed by atoms with van der Waals surface area (Å²) in [6.07, 6.45) is 0. The van der Waals surface area contributed by atoms with Gasteiger partial charge in [0.2, 0.25) is 5.91 Å². The molecule has 1 aliphatic heterocycles. The number of amides is 1. The molecule has 94 valence electrons. The van der Waals surface area contributed by atoms with Crippen LogP contribution in [0.1, 0.15) is 17.8 Å². The topological polar surface area (TPSA) is 50.4 Å². The van der Waals surface area contributed by atoms with Crippen LogP contribution in [0.3, 0.4) is 0 Å². The molecule has 1 saturated heterocycles. The van der Waals surface area contributed by atoms with E-state index in [-0.39, 0.29) is 23.9 Å². The maximum atomic E-state index is 12.1. The Kier molecular flexibility index (Phi) is 4.15. The summed E-state index contributed by atoms with van der Waals surface area (Å²) in [6, 6.07) is 4.24. The fraction of sp³-hybridized carbons (Fsp3) is 0.583. The lowest BCUT2D eigenvalue weighted by Gasteiger charge is -2.19. The van der Waals surface area contributed by atoms with E-state index in [1.807, 2.05) is 31.5 Å². The van der Waals surface area contributed by atoms with Crippen LogP contribution in [0.5, 0.6) is 0 Å². The van der Waals surface area contributed by atoms with Gasteiger partial charge in [-0.3, -0.25) is 4.79 Å². The summed E-state index contributed by atoms with van der Waals surface area (Å²) in [6.45, 7) is 3.13. The van der Waals surface area contributed by atoms with E-state index >= 15 is 0 Å². The summed E-state index contributed by atoms with van der Waals surface area (Å²) in [5.41, 5.74) is 0. The van der Waals surface area contributed by atoms with E-state index in [4.69, 9.17) is 4.74 Å². The van der Waals surface area contributed by atoms with Crippen molar-refractivity contribution in [2.75, 3.05) is 20.3 Å². The van der Waals surface area contributed by atoms with Crippen LogP contribution in [-0.4, -0.2) is 32.2 Å². The zero-order valence-electron chi connectivity index (χ0n) is 10.1. The molecule has 17 heavy (non-hydrogen) atoms. The third-order valence-corrected chi connectivity index (χ3v) is 4.17. The molecule has 1 amide bonds. The maximum Gasteiger partial charge on any atom is 0.227 e. The molecule has 1 fully saturated rings. The number of nitrogens with one attached hydrogen (secondary N) is 2. The second kappa shape index (κ2) is 5.62. The predicted octanol–water partition coefficient (Wildman–Crippen LogP) is 1.16. The highest BCUT2D eigenvalue weighted by Crippen LogP contribution is 2.20. The van der Waals surface area contributed by atoms with Crippen molar-refractivity contribution in [2.45, 2.75) is 19.0 Å². The lowest BCUT2D eigenvalue weighted by atomic mass is 10.0. The smallest absolute Gasteiger partial charge is 0.227 e. The summed E-state index contributed by atoms with van der Waals surface area (Å²) in [7, 11) is 1.86. The molecule has 0 radical (unpaired) electrons. The quantitative estimate of drug-likeness (QED) is 0.848. The maximum absolute atomic E-state index is 12.1. The minimum absolute atomic E-state index is 0.0700. The van der Waals surface area contributed by atoms with Gasteiger partial charge in [-0.05, 0) is 25.4 Å². The summed E-state index contributed by atoms with van der Waals surface area (Å²) in [5.74, 6) is -0.00911. The minimum Gasteiger partial charge on any atom is -0.379 e. The van der Waals surface area contributed by atoms with Gasteiger partial charge in [0.05, 0.1) is 25.2 Å². The van der Waals surface area contributed by atoms with Crippen LogP contribution >= 0.6 is 11.3 Å². The van der Waals surface area contributed by atoms with E-state index in [1.54, 1.807) is 11.3 Å². The summed E-state index contributed by atoms with van der Waals surface area (Å²) in [5, 5.41) is 8.18. The number of hydrogen-bond donors (Lipinski definition) is 2. The highest BCUT2D eigenvalue weighted by Gasteiger charge is 2.33. The second-order valence-electron chi connectivity index (χ2n) is 4.28. The van der Waals surface area contributed by atoms with Crippen LogP contribution in [0.2, 0.25) is 0 Å². The van der Waals surface area contributed by atoms with Crippen molar-refractivity contribution >= 4 is 17.2 Å². The van der Waals surface area contributed by atoms with Crippen LogP contribution in [0.4, 0.5) is 0 Å². The van der Waals surface area contributed by atoms with Gasteiger partial charge in [-0.25, -0.2) is 0 Å². The Balaban J connectivity index is 1.92. The Morgan fingerprint density at radius 2 is 2.41 bits per heavy atom. The highest BCUT2D eigenvalue weighted by atomic mass is 32.1. The first-order valence-electron chi connectivity index (χ1n) is 5.81. The summed E-state index contributed by atoms with van der Waals surface area (Å²) in [4.78, 5) is 13.3. The summed E-state index contributed by atoms with van der Waals surface area (Å²) < 4.78 is 5.33. The first-order valence-corrected chi connectivity index (χ1v) is 6.69. The Labute approximate surface area is 105 Å². The lowest BCUT2D eigenvalue weighted by molar-refractivity contribution is -0.126.